The number of sulfonamides is 1. The Bertz CT molecular complexity index is 491. The van der Waals surface area contributed by atoms with Crippen LogP contribution in [-0.2, 0) is 10.0 Å². The van der Waals surface area contributed by atoms with Crippen molar-refractivity contribution in [2.75, 3.05) is 32.1 Å². The van der Waals surface area contributed by atoms with Crippen LogP contribution in [0.5, 0.6) is 0 Å². The third-order valence-corrected chi connectivity index (χ3v) is 4.67. The van der Waals surface area contributed by atoms with Crippen LogP contribution in [-0.4, -0.2) is 49.6 Å². The first-order valence-electron chi connectivity index (χ1n) is 6.31. The fourth-order valence-corrected chi connectivity index (χ4v) is 3.34. The maximum absolute atomic E-state index is 12.5. The molecule has 2 N–H and O–H groups in total. The van der Waals surface area contributed by atoms with Crippen LogP contribution in [0.1, 0.15) is 19.8 Å². The minimum Gasteiger partial charge on any atom is -0.395 e. The summed E-state index contributed by atoms with van der Waals surface area (Å²) in [4.78, 5) is 4.15. The number of rotatable bonds is 8. The largest absolute Gasteiger partial charge is 0.395 e. The first kappa shape index (κ1) is 15.9. The second-order valence-corrected chi connectivity index (χ2v) is 5.99. The molecular formula is C12H21N3O3S. The number of anilines is 1. The standard InChI is InChI=1S/C12H21N3O3S/c1-3-4-8-15(9-10-16)19(17,18)11-6-5-7-14-12(11)13-2/h5-7,16H,3-4,8-10H2,1-2H3,(H,13,14). The van der Waals surface area contributed by atoms with E-state index in [0.29, 0.717) is 12.4 Å². The van der Waals surface area contributed by atoms with E-state index in [1.165, 1.54) is 16.6 Å². The maximum Gasteiger partial charge on any atom is 0.246 e. The van der Waals surface area contributed by atoms with Crippen LogP contribution in [0.4, 0.5) is 5.82 Å². The zero-order valence-corrected chi connectivity index (χ0v) is 12.2. The molecule has 0 aliphatic carbocycles. The Morgan fingerprint density at radius 1 is 1.42 bits per heavy atom. The summed E-state index contributed by atoms with van der Waals surface area (Å²) in [7, 11) is -2.00. The monoisotopic (exact) mass is 287 g/mol. The quantitative estimate of drug-likeness (QED) is 0.742. The van der Waals surface area contributed by atoms with Crippen molar-refractivity contribution in [3.63, 3.8) is 0 Å². The highest BCUT2D eigenvalue weighted by atomic mass is 32.2. The Morgan fingerprint density at radius 3 is 2.74 bits per heavy atom. The van der Waals surface area contributed by atoms with Crippen LogP contribution < -0.4 is 5.32 Å². The molecule has 0 aliphatic rings. The molecule has 0 spiro atoms. The van der Waals surface area contributed by atoms with Gasteiger partial charge in [-0.2, -0.15) is 4.31 Å². The van der Waals surface area contributed by atoms with Crippen LogP contribution in [0, 0.1) is 0 Å². The molecule has 1 heterocycles. The number of aromatic nitrogens is 1. The lowest BCUT2D eigenvalue weighted by atomic mass is 10.3. The first-order chi connectivity index (χ1) is 9.07. The molecule has 1 aromatic rings. The Kier molecular flexibility index (Phi) is 6.20. The Balaban J connectivity index is 3.11. The van der Waals surface area contributed by atoms with Gasteiger partial charge in [0.05, 0.1) is 6.61 Å². The normalized spacial score (nSPS) is 11.8. The molecule has 0 atom stereocenters. The van der Waals surface area contributed by atoms with Gasteiger partial charge < -0.3 is 10.4 Å². The minimum absolute atomic E-state index is 0.0976. The highest BCUT2D eigenvalue weighted by Crippen LogP contribution is 2.22. The number of nitrogens with zero attached hydrogens (tertiary/aromatic N) is 2. The highest BCUT2D eigenvalue weighted by Gasteiger charge is 2.26. The number of hydrogen-bond acceptors (Lipinski definition) is 5. The molecule has 19 heavy (non-hydrogen) atoms. The second-order valence-electron chi connectivity index (χ2n) is 4.08. The molecular weight excluding hydrogens is 266 g/mol. The van der Waals surface area contributed by atoms with Gasteiger partial charge in [0, 0.05) is 26.3 Å². The molecule has 6 nitrogen and oxygen atoms in total. The molecule has 0 saturated heterocycles. The molecule has 0 bridgehead atoms. The van der Waals surface area contributed by atoms with Gasteiger partial charge in [-0.1, -0.05) is 13.3 Å². The number of hydrogen-bond donors (Lipinski definition) is 2. The van der Waals surface area contributed by atoms with E-state index in [-0.39, 0.29) is 18.0 Å². The first-order valence-corrected chi connectivity index (χ1v) is 7.75. The summed E-state index contributed by atoms with van der Waals surface area (Å²) >= 11 is 0. The van der Waals surface area contributed by atoms with Crippen LogP contribution in [0.3, 0.4) is 0 Å². The van der Waals surface area contributed by atoms with Crippen molar-refractivity contribution < 1.29 is 13.5 Å². The summed E-state index contributed by atoms with van der Waals surface area (Å²) in [5.41, 5.74) is 0. The molecule has 0 amide bonds. The average molecular weight is 287 g/mol. The zero-order chi connectivity index (χ0) is 14.3. The molecule has 1 rings (SSSR count). The van der Waals surface area contributed by atoms with Gasteiger partial charge >= 0.3 is 0 Å². The van der Waals surface area contributed by atoms with Gasteiger partial charge in [-0.25, -0.2) is 13.4 Å². The summed E-state index contributed by atoms with van der Waals surface area (Å²) in [5.74, 6) is 0.321. The van der Waals surface area contributed by atoms with Gasteiger partial charge in [0.15, 0.2) is 0 Å². The number of pyridine rings is 1. The fraction of sp³-hybridized carbons (Fsp3) is 0.583. The minimum atomic E-state index is -3.63. The van der Waals surface area contributed by atoms with E-state index in [9.17, 15) is 8.42 Å². The van der Waals surface area contributed by atoms with E-state index in [2.05, 4.69) is 10.3 Å². The fourth-order valence-electron chi connectivity index (χ4n) is 1.72. The van der Waals surface area contributed by atoms with Crippen LogP contribution in [0.25, 0.3) is 0 Å². The van der Waals surface area contributed by atoms with E-state index >= 15 is 0 Å². The number of nitrogens with one attached hydrogen (secondary N) is 1. The van der Waals surface area contributed by atoms with E-state index in [4.69, 9.17) is 5.11 Å². The van der Waals surface area contributed by atoms with Crippen LogP contribution in [0.15, 0.2) is 23.2 Å². The summed E-state index contributed by atoms with van der Waals surface area (Å²) in [6, 6.07) is 3.11. The number of aliphatic hydroxyl groups is 1. The third kappa shape index (κ3) is 3.89. The lowest BCUT2D eigenvalue weighted by molar-refractivity contribution is 0.252. The Morgan fingerprint density at radius 2 is 2.16 bits per heavy atom. The maximum atomic E-state index is 12.5. The number of unbranched alkanes of at least 4 members (excludes halogenated alkanes) is 1. The van der Waals surface area contributed by atoms with E-state index in [1.54, 1.807) is 13.1 Å². The Labute approximate surface area is 114 Å². The zero-order valence-electron chi connectivity index (χ0n) is 11.3. The van der Waals surface area contributed by atoms with Crippen molar-refractivity contribution in [3.8, 4) is 0 Å². The summed E-state index contributed by atoms with van der Waals surface area (Å²) < 4.78 is 26.4. The summed E-state index contributed by atoms with van der Waals surface area (Å²) in [5, 5.41) is 11.8. The molecule has 0 aliphatic heterocycles. The Hall–Kier alpha value is -1.18. The molecule has 0 saturated carbocycles. The van der Waals surface area contributed by atoms with E-state index in [1.807, 2.05) is 6.92 Å². The lowest BCUT2D eigenvalue weighted by Gasteiger charge is -2.22. The predicted octanol–water partition coefficient (Wildman–Crippen LogP) is 0.906. The SMILES string of the molecule is CCCCN(CCO)S(=O)(=O)c1cccnc1NC. The number of aliphatic hydroxyl groups excluding tert-OH is 1. The van der Waals surface area contributed by atoms with Crippen molar-refractivity contribution in [1.29, 1.82) is 0 Å². The van der Waals surface area contributed by atoms with Gasteiger partial charge in [0.1, 0.15) is 10.7 Å². The predicted molar refractivity (Wildman–Crippen MR) is 74.5 cm³/mol. The van der Waals surface area contributed by atoms with Gasteiger partial charge in [-0.3, -0.25) is 0 Å². The molecule has 0 radical (unpaired) electrons. The molecule has 7 heteroatoms. The molecule has 108 valence electrons. The molecule has 1 aromatic heterocycles. The van der Waals surface area contributed by atoms with Gasteiger partial charge in [-0.15, -0.1) is 0 Å². The average Bonchev–Trinajstić information content (AvgIpc) is 2.43. The van der Waals surface area contributed by atoms with Crippen molar-refractivity contribution >= 4 is 15.8 Å². The lowest BCUT2D eigenvalue weighted by Crippen LogP contribution is -2.35. The summed E-state index contributed by atoms with van der Waals surface area (Å²) in [6.07, 6.45) is 3.19. The highest BCUT2D eigenvalue weighted by molar-refractivity contribution is 7.89. The smallest absolute Gasteiger partial charge is 0.246 e. The van der Waals surface area contributed by atoms with E-state index in [0.717, 1.165) is 12.8 Å². The summed E-state index contributed by atoms with van der Waals surface area (Å²) in [6.45, 7) is 2.29. The van der Waals surface area contributed by atoms with Crippen molar-refractivity contribution in [3.05, 3.63) is 18.3 Å². The van der Waals surface area contributed by atoms with Gasteiger partial charge in [-0.05, 0) is 18.6 Å². The second kappa shape index (κ2) is 7.42. The van der Waals surface area contributed by atoms with Crippen molar-refractivity contribution in [1.82, 2.24) is 9.29 Å². The topological polar surface area (TPSA) is 82.5 Å². The van der Waals surface area contributed by atoms with Crippen molar-refractivity contribution in [2.45, 2.75) is 24.7 Å². The van der Waals surface area contributed by atoms with Crippen LogP contribution >= 0.6 is 0 Å². The third-order valence-electron chi connectivity index (χ3n) is 2.74. The molecule has 0 fully saturated rings. The molecule has 0 aromatic carbocycles. The van der Waals surface area contributed by atoms with Crippen LogP contribution in [0.2, 0.25) is 0 Å². The molecule has 0 unspecified atom stereocenters. The van der Waals surface area contributed by atoms with Gasteiger partial charge in [0.2, 0.25) is 10.0 Å². The van der Waals surface area contributed by atoms with Gasteiger partial charge in [0.25, 0.3) is 0 Å². The van der Waals surface area contributed by atoms with E-state index < -0.39 is 10.0 Å². The van der Waals surface area contributed by atoms with Crippen molar-refractivity contribution in [2.24, 2.45) is 0 Å².